The van der Waals surface area contributed by atoms with Gasteiger partial charge in [0.15, 0.2) is 5.96 Å². The highest BCUT2D eigenvalue weighted by Gasteiger charge is 2.27. The summed E-state index contributed by atoms with van der Waals surface area (Å²) in [7, 11) is 1.70. The molecule has 0 radical (unpaired) electrons. The second kappa shape index (κ2) is 11.7. The smallest absolute Gasteiger partial charge is 0.379 e. The van der Waals surface area contributed by atoms with Crippen molar-refractivity contribution in [1.29, 1.82) is 0 Å². The molecule has 0 fully saturated rings. The summed E-state index contributed by atoms with van der Waals surface area (Å²) in [6.45, 7) is 4.71. The molecule has 0 spiro atoms. The van der Waals surface area contributed by atoms with Gasteiger partial charge in [0.25, 0.3) is 0 Å². The van der Waals surface area contributed by atoms with Gasteiger partial charge in [-0.25, -0.2) is 0 Å². The minimum absolute atomic E-state index is 0.0606. The highest BCUT2D eigenvalue weighted by atomic mass is 19.4. The maximum absolute atomic E-state index is 12.0. The fourth-order valence-corrected chi connectivity index (χ4v) is 2.04. The van der Waals surface area contributed by atoms with Crippen molar-refractivity contribution in [3.63, 3.8) is 0 Å². The van der Waals surface area contributed by atoms with Crippen molar-refractivity contribution in [3.8, 4) is 0 Å². The number of aliphatic imine (C=N–C) groups is 1. The molecule has 0 amide bonds. The Labute approximate surface area is 153 Å². The van der Waals surface area contributed by atoms with E-state index in [1.165, 1.54) is 0 Å². The predicted octanol–water partition coefficient (Wildman–Crippen LogP) is 3.25. The number of halogens is 3. The van der Waals surface area contributed by atoms with Crippen molar-refractivity contribution >= 4 is 5.96 Å². The van der Waals surface area contributed by atoms with Crippen LogP contribution in [0.15, 0.2) is 29.3 Å². The van der Waals surface area contributed by atoms with Gasteiger partial charge in [-0.3, -0.25) is 4.99 Å². The lowest BCUT2D eigenvalue weighted by Gasteiger charge is -2.13. The van der Waals surface area contributed by atoms with Crippen molar-refractivity contribution < 1.29 is 22.6 Å². The van der Waals surface area contributed by atoms with Gasteiger partial charge in [-0.15, -0.1) is 0 Å². The number of alkyl halides is 3. The van der Waals surface area contributed by atoms with Gasteiger partial charge >= 0.3 is 6.18 Å². The molecule has 5 nitrogen and oxygen atoms in total. The Balaban J connectivity index is 2.28. The molecule has 0 saturated heterocycles. The van der Waals surface area contributed by atoms with E-state index in [0.29, 0.717) is 24.7 Å². The molecule has 8 heteroatoms. The topological polar surface area (TPSA) is 54.9 Å². The summed E-state index contributed by atoms with van der Waals surface area (Å²) >= 11 is 0. The van der Waals surface area contributed by atoms with Gasteiger partial charge in [0.2, 0.25) is 0 Å². The molecule has 0 saturated carbocycles. The molecule has 148 valence electrons. The predicted molar refractivity (Wildman–Crippen MR) is 96.1 cm³/mol. The van der Waals surface area contributed by atoms with Crippen molar-refractivity contribution in [2.75, 3.05) is 26.8 Å². The zero-order valence-corrected chi connectivity index (χ0v) is 15.5. The molecular formula is C18H28F3N3O2. The van der Waals surface area contributed by atoms with E-state index in [1.54, 1.807) is 19.2 Å². The van der Waals surface area contributed by atoms with Crippen LogP contribution >= 0.6 is 0 Å². The molecule has 1 aromatic rings. The minimum atomic E-state index is -4.30. The highest BCUT2D eigenvalue weighted by molar-refractivity contribution is 5.79. The van der Waals surface area contributed by atoms with Gasteiger partial charge in [-0.05, 0) is 31.4 Å². The molecule has 0 heterocycles. The second-order valence-electron chi connectivity index (χ2n) is 6.05. The molecule has 0 aliphatic heterocycles. The second-order valence-corrected chi connectivity index (χ2v) is 6.05. The van der Waals surface area contributed by atoms with Gasteiger partial charge in [-0.2, -0.15) is 13.2 Å². The third kappa shape index (κ3) is 10.9. The van der Waals surface area contributed by atoms with E-state index in [9.17, 15) is 13.2 Å². The first-order valence-electron chi connectivity index (χ1n) is 8.58. The largest absolute Gasteiger partial charge is 0.411 e. The summed E-state index contributed by atoms with van der Waals surface area (Å²) in [6.07, 6.45) is -3.19. The lowest BCUT2D eigenvalue weighted by molar-refractivity contribution is -0.176. The van der Waals surface area contributed by atoms with Crippen LogP contribution in [0.2, 0.25) is 0 Å². The Morgan fingerprint density at radius 1 is 1.12 bits per heavy atom. The first-order chi connectivity index (χ1) is 12.3. The molecule has 0 atom stereocenters. The molecule has 0 bridgehead atoms. The minimum Gasteiger partial charge on any atom is -0.379 e. The molecule has 2 N–H and O–H groups in total. The number of nitrogens with zero attached hydrogens (tertiary/aromatic N) is 1. The Morgan fingerprint density at radius 2 is 1.77 bits per heavy atom. The number of benzene rings is 1. The zero-order chi connectivity index (χ0) is 19.4. The Morgan fingerprint density at radius 3 is 2.35 bits per heavy atom. The molecule has 0 aromatic heterocycles. The summed E-state index contributed by atoms with van der Waals surface area (Å²) in [5, 5.41) is 6.39. The molecule has 0 unspecified atom stereocenters. The molecule has 1 rings (SSSR count). The molecule has 0 aliphatic carbocycles. The van der Waals surface area contributed by atoms with Crippen molar-refractivity contribution in [2.24, 2.45) is 4.99 Å². The fraction of sp³-hybridized carbons (Fsp3) is 0.611. The first kappa shape index (κ1) is 22.2. The summed E-state index contributed by atoms with van der Waals surface area (Å²) in [5.41, 5.74) is 1.70. The van der Waals surface area contributed by atoms with E-state index in [1.807, 2.05) is 26.0 Å². The van der Waals surface area contributed by atoms with Crippen molar-refractivity contribution in [3.05, 3.63) is 35.4 Å². The lowest BCUT2D eigenvalue weighted by Crippen LogP contribution is -2.37. The quantitative estimate of drug-likeness (QED) is 0.375. The number of guanidine groups is 1. The van der Waals surface area contributed by atoms with Crippen LogP contribution < -0.4 is 10.6 Å². The van der Waals surface area contributed by atoms with Crippen LogP contribution in [0.25, 0.3) is 0 Å². The number of ether oxygens (including phenoxy) is 2. The number of hydrogen-bond acceptors (Lipinski definition) is 3. The summed E-state index contributed by atoms with van der Waals surface area (Å²) in [4.78, 5) is 4.14. The van der Waals surface area contributed by atoms with E-state index in [-0.39, 0.29) is 12.7 Å². The fourth-order valence-electron chi connectivity index (χ4n) is 2.04. The van der Waals surface area contributed by atoms with Crippen LogP contribution in [0.4, 0.5) is 13.2 Å². The SMILES string of the molecule is CN=C(NCCCOC(C)C)NCc1ccc(COCC(F)(F)F)cc1. The lowest BCUT2D eigenvalue weighted by atomic mass is 10.1. The maximum Gasteiger partial charge on any atom is 0.411 e. The molecule has 26 heavy (non-hydrogen) atoms. The van der Waals surface area contributed by atoms with Crippen LogP contribution in [0.5, 0.6) is 0 Å². The van der Waals surface area contributed by atoms with Crippen LogP contribution in [-0.4, -0.2) is 45.0 Å². The van der Waals surface area contributed by atoms with Crippen LogP contribution in [0, 0.1) is 0 Å². The maximum atomic E-state index is 12.0. The van der Waals surface area contributed by atoms with Gasteiger partial charge in [0.05, 0.1) is 12.7 Å². The summed E-state index contributed by atoms with van der Waals surface area (Å²) in [6, 6.07) is 7.21. The monoisotopic (exact) mass is 375 g/mol. The van der Waals surface area contributed by atoms with Crippen molar-refractivity contribution in [1.82, 2.24) is 10.6 Å². The number of nitrogens with one attached hydrogen (secondary N) is 2. The van der Waals surface area contributed by atoms with Gasteiger partial charge in [-0.1, -0.05) is 24.3 Å². The molecular weight excluding hydrogens is 347 g/mol. The highest BCUT2D eigenvalue weighted by Crippen LogP contribution is 2.15. The zero-order valence-electron chi connectivity index (χ0n) is 15.5. The average molecular weight is 375 g/mol. The third-order valence-electron chi connectivity index (χ3n) is 3.31. The number of hydrogen-bond donors (Lipinski definition) is 2. The Bertz CT molecular complexity index is 531. The third-order valence-corrected chi connectivity index (χ3v) is 3.31. The van der Waals surface area contributed by atoms with Gasteiger partial charge in [0.1, 0.15) is 6.61 Å². The number of rotatable bonds is 10. The summed E-state index contributed by atoms with van der Waals surface area (Å²) < 4.78 is 46.2. The summed E-state index contributed by atoms with van der Waals surface area (Å²) in [5.74, 6) is 0.687. The van der Waals surface area contributed by atoms with Crippen molar-refractivity contribution in [2.45, 2.75) is 45.7 Å². The molecule has 1 aromatic carbocycles. The Kier molecular flexibility index (Phi) is 10.0. The van der Waals surface area contributed by atoms with Crippen LogP contribution in [0.3, 0.4) is 0 Å². The van der Waals surface area contributed by atoms with E-state index >= 15 is 0 Å². The first-order valence-corrected chi connectivity index (χ1v) is 8.58. The average Bonchev–Trinajstić information content (AvgIpc) is 2.57. The normalized spacial score (nSPS) is 12.5. The Hall–Kier alpha value is -1.80. The van der Waals surface area contributed by atoms with Crippen LogP contribution in [-0.2, 0) is 22.6 Å². The standard InChI is InChI=1S/C18H28F3N3O2/c1-14(2)26-10-4-9-23-17(22-3)24-11-15-5-7-16(8-6-15)12-25-13-18(19,20)21/h5-8,14H,4,9-13H2,1-3H3,(H2,22,23,24). The van der Waals surface area contributed by atoms with E-state index < -0.39 is 12.8 Å². The van der Waals surface area contributed by atoms with E-state index in [4.69, 9.17) is 4.74 Å². The van der Waals surface area contributed by atoms with Crippen LogP contribution in [0.1, 0.15) is 31.4 Å². The van der Waals surface area contributed by atoms with E-state index in [0.717, 1.165) is 18.5 Å². The molecule has 0 aliphatic rings. The van der Waals surface area contributed by atoms with Gasteiger partial charge < -0.3 is 20.1 Å². The van der Waals surface area contributed by atoms with E-state index in [2.05, 4.69) is 20.4 Å². The van der Waals surface area contributed by atoms with Gasteiger partial charge in [0, 0.05) is 26.7 Å².